The molecule has 0 aliphatic rings. The highest BCUT2D eigenvalue weighted by Crippen LogP contribution is 2.43. The van der Waals surface area contributed by atoms with Gasteiger partial charge in [-0.05, 0) is 25.7 Å². The molecule has 0 heterocycles. The lowest BCUT2D eigenvalue weighted by Crippen LogP contribution is -2.29. The maximum absolute atomic E-state index is 12.6. The molecule has 0 aromatic carbocycles. The lowest BCUT2D eigenvalue weighted by Gasteiger charge is -2.20. The molecule has 0 amide bonds. The molecule has 0 saturated heterocycles. The van der Waals surface area contributed by atoms with Crippen LogP contribution in [-0.4, -0.2) is 53.8 Å². The van der Waals surface area contributed by atoms with Gasteiger partial charge in [0.1, 0.15) is 6.61 Å². The SMILES string of the molecule is CCCCCCCCCCCCCCCC(=O)OCC(COP(=O)(O)OCCCCCC(=O)O)OC(=O)CCCCCCCCCCCCCCC. The number of carbonyl (C=O) groups is 3. The zero-order chi connectivity index (χ0) is 38.4. The summed E-state index contributed by atoms with van der Waals surface area (Å²) in [5, 5.41) is 8.72. The van der Waals surface area contributed by atoms with Gasteiger partial charge in [0.15, 0.2) is 6.10 Å². The maximum atomic E-state index is 12.6. The van der Waals surface area contributed by atoms with E-state index < -0.39 is 38.4 Å². The van der Waals surface area contributed by atoms with Crippen LogP contribution >= 0.6 is 7.82 Å². The van der Waals surface area contributed by atoms with E-state index in [2.05, 4.69) is 13.8 Å². The van der Waals surface area contributed by atoms with Gasteiger partial charge in [0, 0.05) is 19.3 Å². The first kappa shape index (κ1) is 50.5. The summed E-state index contributed by atoms with van der Waals surface area (Å²) in [5.41, 5.74) is 0. The van der Waals surface area contributed by atoms with Gasteiger partial charge in [-0.1, -0.05) is 174 Å². The fourth-order valence-corrected chi connectivity index (χ4v) is 6.93. The minimum Gasteiger partial charge on any atom is -0.481 e. The second kappa shape index (κ2) is 37.8. The van der Waals surface area contributed by atoms with Crippen LogP contribution in [0.5, 0.6) is 0 Å². The second-order valence-electron chi connectivity index (χ2n) is 14.6. The predicted octanol–water partition coefficient (Wildman–Crippen LogP) is 12.2. The van der Waals surface area contributed by atoms with Gasteiger partial charge >= 0.3 is 25.7 Å². The van der Waals surface area contributed by atoms with Crippen molar-refractivity contribution in [2.75, 3.05) is 19.8 Å². The first-order valence-corrected chi connectivity index (χ1v) is 22.9. The zero-order valence-electron chi connectivity index (χ0n) is 33.4. The zero-order valence-corrected chi connectivity index (χ0v) is 34.3. The standard InChI is InChI=1S/C41H79O10P/c1-3-5-7-9-11-13-15-17-19-21-23-25-29-33-40(44)48-36-38(37-50-52(46,47)49-35-31-27-28-32-39(42)43)51-41(45)34-30-26-24-22-20-18-16-14-12-10-8-6-4-2/h38H,3-37H2,1-2H3,(H,42,43)(H,46,47). The summed E-state index contributed by atoms with van der Waals surface area (Å²) in [7, 11) is -4.45. The average Bonchev–Trinajstić information content (AvgIpc) is 3.11. The Labute approximate surface area is 317 Å². The predicted molar refractivity (Wildman–Crippen MR) is 209 cm³/mol. The number of carboxylic acids is 1. The molecule has 0 radical (unpaired) electrons. The highest BCUT2D eigenvalue weighted by Gasteiger charge is 2.26. The average molecular weight is 763 g/mol. The molecule has 0 fully saturated rings. The summed E-state index contributed by atoms with van der Waals surface area (Å²) in [6.45, 7) is 3.68. The number of rotatable bonds is 41. The number of hydrogen-bond acceptors (Lipinski definition) is 8. The number of hydrogen-bond donors (Lipinski definition) is 2. The fourth-order valence-electron chi connectivity index (χ4n) is 6.14. The minimum absolute atomic E-state index is 0.0255. The molecule has 0 aliphatic heterocycles. The van der Waals surface area contributed by atoms with E-state index in [-0.39, 0.29) is 32.5 Å². The first-order chi connectivity index (χ1) is 25.2. The molecular weight excluding hydrogens is 683 g/mol. The Balaban J connectivity index is 4.40. The van der Waals surface area contributed by atoms with Gasteiger partial charge in [0.2, 0.25) is 0 Å². The summed E-state index contributed by atoms with van der Waals surface area (Å²) >= 11 is 0. The fraction of sp³-hybridized carbons (Fsp3) is 0.927. The third-order valence-electron chi connectivity index (χ3n) is 9.41. The van der Waals surface area contributed by atoms with Crippen LogP contribution < -0.4 is 0 Å². The van der Waals surface area contributed by atoms with Crippen LogP contribution in [0.3, 0.4) is 0 Å². The number of aliphatic carboxylic acids is 1. The number of phosphoric ester groups is 1. The Hall–Kier alpha value is -1.48. The Kier molecular flexibility index (Phi) is 36.7. The molecule has 52 heavy (non-hydrogen) atoms. The molecule has 2 atom stereocenters. The minimum atomic E-state index is -4.45. The number of phosphoric acid groups is 1. The summed E-state index contributed by atoms with van der Waals surface area (Å²) in [6, 6.07) is 0. The van der Waals surface area contributed by atoms with Gasteiger partial charge in [0.05, 0.1) is 13.2 Å². The Morgan fingerprint density at radius 2 is 0.846 bits per heavy atom. The smallest absolute Gasteiger partial charge is 0.472 e. The third kappa shape index (κ3) is 38.3. The number of carboxylic acid groups (broad SMARTS) is 1. The molecule has 10 nitrogen and oxygen atoms in total. The van der Waals surface area contributed by atoms with E-state index in [0.717, 1.165) is 38.5 Å². The van der Waals surface area contributed by atoms with Crippen molar-refractivity contribution in [3.63, 3.8) is 0 Å². The van der Waals surface area contributed by atoms with E-state index in [1.54, 1.807) is 0 Å². The first-order valence-electron chi connectivity index (χ1n) is 21.4. The number of carbonyl (C=O) groups excluding carboxylic acids is 2. The van der Waals surface area contributed by atoms with Gasteiger partial charge < -0.3 is 19.5 Å². The summed E-state index contributed by atoms with van der Waals surface area (Å²) in [4.78, 5) is 45.8. The second-order valence-corrected chi connectivity index (χ2v) is 16.0. The van der Waals surface area contributed by atoms with E-state index in [1.165, 1.54) is 122 Å². The quantitative estimate of drug-likeness (QED) is 0.0350. The Bertz CT molecular complexity index is 884. The normalized spacial score (nSPS) is 13.1. The van der Waals surface area contributed by atoms with Crippen LogP contribution in [0.1, 0.15) is 219 Å². The van der Waals surface area contributed by atoms with Crippen LogP contribution in [0.2, 0.25) is 0 Å². The lowest BCUT2D eigenvalue weighted by atomic mass is 10.0. The van der Waals surface area contributed by atoms with Crippen LogP contribution in [0.15, 0.2) is 0 Å². The highest BCUT2D eigenvalue weighted by molar-refractivity contribution is 7.47. The van der Waals surface area contributed by atoms with E-state index >= 15 is 0 Å². The van der Waals surface area contributed by atoms with Crippen LogP contribution in [0.4, 0.5) is 0 Å². The number of esters is 2. The summed E-state index contributed by atoms with van der Waals surface area (Å²) < 4.78 is 33.4. The van der Waals surface area contributed by atoms with Gasteiger partial charge in [0.25, 0.3) is 0 Å². The van der Waals surface area contributed by atoms with Crippen molar-refractivity contribution in [2.24, 2.45) is 0 Å². The van der Waals surface area contributed by atoms with Crippen molar-refractivity contribution < 1.29 is 47.5 Å². The monoisotopic (exact) mass is 763 g/mol. The Morgan fingerprint density at radius 3 is 1.27 bits per heavy atom. The molecule has 2 unspecified atom stereocenters. The molecule has 0 aliphatic carbocycles. The lowest BCUT2D eigenvalue weighted by molar-refractivity contribution is -0.161. The van der Waals surface area contributed by atoms with Gasteiger partial charge in [-0.15, -0.1) is 0 Å². The molecule has 2 N–H and O–H groups in total. The summed E-state index contributed by atoms with van der Waals surface area (Å²) in [6.07, 6.45) is 32.2. The van der Waals surface area contributed by atoms with Crippen molar-refractivity contribution in [1.29, 1.82) is 0 Å². The molecule has 0 aromatic heterocycles. The molecule has 0 spiro atoms. The third-order valence-corrected chi connectivity index (χ3v) is 10.4. The van der Waals surface area contributed by atoms with Crippen molar-refractivity contribution in [3.8, 4) is 0 Å². The van der Waals surface area contributed by atoms with Gasteiger partial charge in [-0.2, -0.15) is 0 Å². The highest BCUT2D eigenvalue weighted by atomic mass is 31.2. The molecule has 0 rings (SSSR count). The topological polar surface area (TPSA) is 146 Å². The molecule has 308 valence electrons. The van der Waals surface area contributed by atoms with E-state index in [0.29, 0.717) is 25.7 Å². The molecule has 0 saturated carbocycles. The van der Waals surface area contributed by atoms with Crippen molar-refractivity contribution >= 4 is 25.7 Å². The number of unbranched alkanes of at least 4 members (excludes halogenated alkanes) is 26. The Morgan fingerprint density at radius 1 is 0.481 bits per heavy atom. The van der Waals surface area contributed by atoms with Gasteiger partial charge in [-0.25, -0.2) is 4.57 Å². The number of ether oxygens (including phenoxy) is 2. The summed E-state index contributed by atoms with van der Waals surface area (Å²) in [5.74, 6) is -1.75. The van der Waals surface area contributed by atoms with Crippen LogP contribution in [0.25, 0.3) is 0 Å². The molecule has 0 bridgehead atoms. The van der Waals surface area contributed by atoms with E-state index in [1.807, 2.05) is 0 Å². The maximum Gasteiger partial charge on any atom is 0.472 e. The van der Waals surface area contributed by atoms with Crippen LogP contribution in [-0.2, 0) is 37.5 Å². The van der Waals surface area contributed by atoms with E-state index in [4.69, 9.17) is 23.6 Å². The molecular formula is C41H79O10P. The molecule has 0 aromatic rings. The largest absolute Gasteiger partial charge is 0.481 e. The van der Waals surface area contributed by atoms with Gasteiger partial charge in [-0.3, -0.25) is 23.4 Å². The van der Waals surface area contributed by atoms with Crippen molar-refractivity contribution in [2.45, 2.75) is 225 Å². The van der Waals surface area contributed by atoms with Crippen molar-refractivity contribution in [1.82, 2.24) is 0 Å². The van der Waals surface area contributed by atoms with Crippen molar-refractivity contribution in [3.05, 3.63) is 0 Å². The van der Waals surface area contributed by atoms with Crippen LogP contribution in [0, 0.1) is 0 Å². The molecule has 11 heteroatoms. The van der Waals surface area contributed by atoms with E-state index in [9.17, 15) is 23.8 Å².